The standard InChI is InChI=1S/C23H27N3O4/c27-21(18-3-4-20-17(14-18)2-1-7-24-20)26-8-5-23(6-9-26)15-19(30-22(23)28)16-25-10-12-29-13-11-25/h1-4,7,14,19H,5-6,8-13,15-16H2. The number of piperidine rings is 1. The molecule has 3 saturated heterocycles. The minimum Gasteiger partial charge on any atom is -0.461 e. The molecule has 1 amide bonds. The Morgan fingerprint density at radius 3 is 2.73 bits per heavy atom. The number of carbonyl (C=O) groups is 2. The van der Waals surface area contributed by atoms with Crippen LogP contribution >= 0.6 is 0 Å². The van der Waals surface area contributed by atoms with Crippen LogP contribution in [-0.4, -0.2) is 78.7 Å². The van der Waals surface area contributed by atoms with Crippen molar-refractivity contribution >= 4 is 22.8 Å². The summed E-state index contributed by atoms with van der Waals surface area (Å²) in [5, 5.41) is 0.960. The lowest BCUT2D eigenvalue weighted by atomic mass is 9.76. The molecule has 0 aliphatic carbocycles. The number of ether oxygens (including phenoxy) is 2. The molecule has 3 aliphatic rings. The molecule has 1 unspecified atom stereocenters. The number of amides is 1. The maximum absolute atomic E-state index is 13.0. The average molecular weight is 409 g/mol. The predicted molar refractivity (Wildman–Crippen MR) is 111 cm³/mol. The molecule has 4 heterocycles. The van der Waals surface area contributed by atoms with Crippen LogP contribution in [0.25, 0.3) is 10.9 Å². The van der Waals surface area contributed by atoms with Crippen LogP contribution in [0, 0.1) is 5.41 Å². The highest BCUT2D eigenvalue weighted by atomic mass is 16.6. The van der Waals surface area contributed by atoms with Crippen LogP contribution in [0.3, 0.4) is 0 Å². The van der Waals surface area contributed by atoms with Crippen LogP contribution in [0.2, 0.25) is 0 Å². The molecule has 1 aromatic heterocycles. The molecule has 3 fully saturated rings. The van der Waals surface area contributed by atoms with E-state index in [1.807, 2.05) is 35.2 Å². The molecule has 0 saturated carbocycles. The summed E-state index contributed by atoms with van der Waals surface area (Å²) in [5.41, 5.74) is 1.12. The number of fused-ring (bicyclic) bond motifs is 1. The molecule has 7 heteroatoms. The number of morpholine rings is 1. The molecule has 7 nitrogen and oxygen atoms in total. The Bertz CT molecular complexity index is 948. The highest BCUT2D eigenvalue weighted by Gasteiger charge is 2.51. The van der Waals surface area contributed by atoms with E-state index in [1.165, 1.54) is 0 Å². The average Bonchev–Trinajstić information content (AvgIpc) is 3.08. The van der Waals surface area contributed by atoms with Crippen molar-refractivity contribution in [2.24, 2.45) is 5.41 Å². The van der Waals surface area contributed by atoms with Gasteiger partial charge in [-0.2, -0.15) is 0 Å². The zero-order chi connectivity index (χ0) is 20.6. The normalized spacial score (nSPS) is 24.3. The fraction of sp³-hybridized carbons (Fsp3) is 0.522. The van der Waals surface area contributed by atoms with Gasteiger partial charge in [-0.15, -0.1) is 0 Å². The molecule has 3 aliphatic heterocycles. The van der Waals surface area contributed by atoms with Gasteiger partial charge >= 0.3 is 5.97 Å². The van der Waals surface area contributed by atoms with Crippen molar-refractivity contribution in [1.29, 1.82) is 0 Å². The van der Waals surface area contributed by atoms with Gasteiger partial charge in [0.1, 0.15) is 6.10 Å². The number of hydrogen-bond acceptors (Lipinski definition) is 6. The number of benzene rings is 1. The van der Waals surface area contributed by atoms with Crippen molar-refractivity contribution in [1.82, 2.24) is 14.8 Å². The summed E-state index contributed by atoms with van der Waals surface area (Å²) in [4.78, 5) is 34.2. The van der Waals surface area contributed by atoms with Gasteiger partial charge in [0.05, 0.1) is 24.1 Å². The van der Waals surface area contributed by atoms with Crippen LogP contribution in [0.15, 0.2) is 36.5 Å². The Morgan fingerprint density at radius 1 is 1.13 bits per heavy atom. The van der Waals surface area contributed by atoms with Gasteiger partial charge in [-0.1, -0.05) is 6.07 Å². The van der Waals surface area contributed by atoms with E-state index >= 15 is 0 Å². The Labute approximate surface area is 175 Å². The van der Waals surface area contributed by atoms with E-state index in [1.54, 1.807) is 6.20 Å². The van der Waals surface area contributed by atoms with Gasteiger partial charge in [0.2, 0.25) is 0 Å². The number of likely N-dealkylation sites (tertiary alicyclic amines) is 1. The quantitative estimate of drug-likeness (QED) is 0.723. The summed E-state index contributed by atoms with van der Waals surface area (Å²) in [5.74, 6) is -0.0588. The Morgan fingerprint density at radius 2 is 1.93 bits per heavy atom. The van der Waals surface area contributed by atoms with Crippen LogP contribution in [-0.2, 0) is 14.3 Å². The minimum absolute atomic E-state index is 0.0202. The van der Waals surface area contributed by atoms with Crippen molar-refractivity contribution in [2.75, 3.05) is 45.9 Å². The van der Waals surface area contributed by atoms with Crippen molar-refractivity contribution < 1.29 is 19.1 Å². The van der Waals surface area contributed by atoms with Crippen molar-refractivity contribution in [3.8, 4) is 0 Å². The summed E-state index contributed by atoms with van der Waals surface area (Å²) >= 11 is 0. The summed E-state index contributed by atoms with van der Waals surface area (Å²) in [6.07, 6.45) is 3.80. The molecule has 30 heavy (non-hydrogen) atoms. The maximum atomic E-state index is 13.0. The smallest absolute Gasteiger partial charge is 0.312 e. The van der Waals surface area contributed by atoms with Crippen molar-refractivity contribution in [3.05, 3.63) is 42.1 Å². The van der Waals surface area contributed by atoms with E-state index in [0.29, 0.717) is 31.5 Å². The second kappa shape index (κ2) is 7.96. The van der Waals surface area contributed by atoms with Crippen LogP contribution in [0.4, 0.5) is 0 Å². The SMILES string of the molecule is O=C(c1ccc2ncccc2c1)N1CCC2(CC1)CC(CN1CCOCC1)OC2=O. The molecule has 0 radical (unpaired) electrons. The fourth-order valence-electron chi connectivity index (χ4n) is 4.95. The number of carbonyl (C=O) groups excluding carboxylic acids is 2. The number of pyridine rings is 1. The fourth-order valence-corrected chi connectivity index (χ4v) is 4.95. The Hall–Kier alpha value is -2.51. The summed E-state index contributed by atoms with van der Waals surface area (Å²) in [6, 6.07) is 9.47. The number of hydrogen-bond donors (Lipinski definition) is 0. The lowest BCUT2D eigenvalue weighted by Crippen LogP contribution is -2.45. The second-order valence-corrected chi connectivity index (χ2v) is 8.63. The molecule has 0 N–H and O–H groups in total. The van der Waals surface area contributed by atoms with Crippen molar-refractivity contribution in [2.45, 2.75) is 25.4 Å². The van der Waals surface area contributed by atoms with E-state index < -0.39 is 5.41 Å². The molecule has 158 valence electrons. The summed E-state index contributed by atoms with van der Waals surface area (Å²) < 4.78 is 11.2. The van der Waals surface area contributed by atoms with E-state index in [0.717, 1.165) is 50.2 Å². The third-order valence-corrected chi connectivity index (χ3v) is 6.75. The largest absolute Gasteiger partial charge is 0.461 e. The number of esters is 1. The molecule has 1 aromatic carbocycles. The van der Waals surface area contributed by atoms with E-state index in [2.05, 4.69) is 9.88 Å². The lowest BCUT2D eigenvalue weighted by molar-refractivity contribution is -0.151. The predicted octanol–water partition coefficient (Wildman–Crippen LogP) is 2.10. The first-order valence-corrected chi connectivity index (χ1v) is 10.8. The number of aromatic nitrogens is 1. The monoisotopic (exact) mass is 409 g/mol. The second-order valence-electron chi connectivity index (χ2n) is 8.63. The molecule has 0 bridgehead atoms. The molecule has 2 aromatic rings. The highest BCUT2D eigenvalue weighted by Crippen LogP contribution is 2.43. The van der Waals surface area contributed by atoms with E-state index in [-0.39, 0.29) is 18.0 Å². The third-order valence-electron chi connectivity index (χ3n) is 6.75. The van der Waals surface area contributed by atoms with E-state index in [9.17, 15) is 9.59 Å². The molecule has 1 spiro atoms. The zero-order valence-corrected chi connectivity index (χ0v) is 17.1. The van der Waals surface area contributed by atoms with Gasteiger partial charge in [0, 0.05) is 56.3 Å². The van der Waals surface area contributed by atoms with Gasteiger partial charge in [-0.05, 0) is 37.1 Å². The zero-order valence-electron chi connectivity index (χ0n) is 17.1. The van der Waals surface area contributed by atoms with Gasteiger partial charge < -0.3 is 14.4 Å². The molecule has 1 atom stereocenters. The number of nitrogens with zero attached hydrogens (tertiary/aromatic N) is 3. The van der Waals surface area contributed by atoms with Gasteiger partial charge in [0.25, 0.3) is 5.91 Å². The number of cyclic esters (lactones) is 1. The van der Waals surface area contributed by atoms with Gasteiger partial charge in [-0.25, -0.2) is 0 Å². The van der Waals surface area contributed by atoms with Crippen LogP contribution in [0.5, 0.6) is 0 Å². The number of rotatable bonds is 3. The van der Waals surface area contributed by atoms with E-state index in [4.69, 9.17) is 9.47 Å². The Kier molecular flexibility index (Phi) is 5.16. The summed E-state index contributed by atoms with van der Waals surface area (Å²) in [6.45, 7) is 5.23. The highest BCUT2D eigenvalue weighted by molar-refractivity contribution is 5.98. The third kappa shape index (κ3) is 3.68. The molecule has 5 rings (SSSR count). The maximum Gasteiger partial charge on any atom is 0.312 e. The van der Waals surface area contributed by atoms with Crippen molar-refractivity contribution in [3.63, 3.8) is 0 Å². The first-order chi connectivity index (χ1) is 14.6. The Balaban J connectivity index is 1.21. The summed E-state index contributed by atoms with van der Waals surface area (Å²) in [7, 11) is 0. The van der Waals surface area contributed by atoms with Gasteiger partial charge in [0.15, 0.2) is 0 Å². The minimum atomic E-state index is -0.430. The lowest BCUT2D eigenvalue weighted by Gasteiger charge is -2.36. The van der Waals surface area contributed by atoms with Crippen LogP contribution in [0.1, 0.15) is 29.6 Å². The first-order valence-electron chi connectivity index (χ1n) is 10.8. The molecular formula is C23H27N3O4. The molecular weight excluding hydrogens is 382 g/mol. The van der Waals surface area contributed by atoms with Gasteiger partial charge in [-0.3, -0.25) is 19.5 Å². The first kappa shape index (κ1) is 19.5. The van der Waals surface area contributed by atoms with Crippen LogP contribution < -0.4 is 0 Å². The topological polar surface area (TPSA) is 72.0 Å².